The number of phenols is 1. The Morgan fingerprint density at radius 2 is 1.94 bits per heavy atom. The van der Waals surface area contributed by atoms with Gasteiger partial charge < -0.3 is 9.84 Å². The van der Waals surface area contributed by atoms with Gasteiger partial charge in [-0.05, 0) is 18.6 Å². The first kappa shape index (κ1) is 14.2. The van der Waals surface area contributed by atoms with Gasteiger partial charge in [0.05, 0.1) is 18.6 Å². The summed E-state index contributed by atoms with van der Waals surface area (Å²) in [5.41, 5.74) is 0.249. The van der Waals surface area contributed by atoms with Gasteiger partial charge in [-0.3, -0.25) is 9.59 Å². The lowest BCUT2D eigenvalue weighted by molar-refractivity contribution is -0.143. The largest absolute Gasteiger partial charge is 0.507 e. The minimum Gasteiger partial charge on any atom is -0.507 e. The molecule has 4 heteroatoms. The van der Waals surface area contributed by atoms with Gasteiger partial charge in [0, 0.05) is 6.42 Å². The van der Waals surface area contributed by atoms with E-state index in [1.54, 1.807) is 18.2 Å². The zero-order valence-electron chi connectivity index (χ0n) is 10.5. The van der Waals surface area contributed by atoms with E-state index >= 15 is 0 Å². The third-order valence-corrected chi connectivity index (χ3v) is 2.52. The van der Waals surface area contributed by atoms with Crippen molar-refractivity contribution in [2.24, 2.45) is 0 Å². The molecule has 0 saturated carbocycles. The molecule has 18 heavy (non-hydrogen) atoms. The summed E-state index contributed by atoms with van der Waals surface area (Å²) in [5, 5.41) is 9.48. The molecule has 4 nitrogen and oxygen atoms in total. The van der Waals surface area contributed by atoms with E-state index in [4.69, 9.17) is 4.74 Å². The van der Waals surface area contributed by atoms with Crippen LogP contribution in [-0.2, 0) is 9.53 Å². The van der Waals surface area contributed by atoms with E-state index in [1.165, 1.54) is 6.07 Å². The Labute approximate surface area is 107 Å². The molecule has 0 heterocycles. The number of hydrogen-bond donors (Lipinski definition) is 1. The summed E-state index contributed by atoms with van der Waals surface area (Å²) < 4.78 is 4.95. The number of ether oxygens (including phenoxy) is 1. The molecule has 0 aromatic heterocycles. The van der Waals surface area contributed by atoms with Crippen molar-refractivity contribution in [1.82, 2.24) is 0 Å². The molecule has 0 radical (unpaired) electrons. The number of carbonyl (C=O) groups excluding carboxylic acids is 2. The van der Waals surface area contributed by atoms with Gasteiger partial charge in [0.25, 0.3) is 0 Å². The van der Waals surface area contributed by atoms with Crippen molar-refractivity contribution in [3.8, 4) is 5.75 Å². The van der Waals surface area contributed by atoms with Crippen molar-refractivity contribution >= 4 is 11.8 Å². The highest BCUT2D eigenvalue weighted by Crippen LogP contribution is 2.18. The molecule has 1 N–H and O–H groups in total. The summed E-state index contributed by atoms with van der Waals surface area (Å²) in [5.74, 6) is -0.672. The topological polar surface area (TPSA) is 63.6 Å². The van der Waals surface area contributed by atoms with Crippen LogP contribution in [0.15, 0.2) is 24.3 Å². The maximum atomic E-state index is 11.7. The lowest BCUT2D eigenvalue weighted by Crippen LogP contribution is -2.09. The van der Waals surface area contributed by atoms with E-state index in [0.29, 0.717) is 6.61 Å². The van der Waals surface area contributed by atoms with E-state index in [0.717, 1.165) is 12.8 Å². The molecule has 1 rings (SSSR count). The summed E-state index contributed by atoms with van der Waals surface area (Å²) >= 11 is 0. The highest BCUT2D eigenvalue weighted by atomic mass is 16.5. The minimum atomic E-state index is -0.368. The van der Waals surface area contributed by atoms with Crippen molar-refractivity contribution in [2.75, 3.05) is 6.61 Å². The van der Waals surface area contributed by atoms with Gasteiger partial charge in [-0.1, -0.05) is 25.5 Å². The Bertz CT molecular complexity index is 412. The zero-order chi connectivity index (χ0) is 13.4. The van der Waals surface area contributed by atoms with E-state index in [2.05, 4.69) is 0 Å². The van der Waals surface area contributed by atoms with Crippen LogP contribution >= 0.6 is 0 Å². The number of rotatable bonds is 7. The quantitative estimate of drug-likeness (QED) is 0.459. The standard InChI is InChI=1S/C14H18O4/c1-2-3-10-18-14(17)9-8-13(16)11-6-4-5-7-12(11)15/h4-7,15H,2-3,8-10H2,1H3. The average Bonchev–Trinajstić information content (AvgIpc) is 2.37. The number of ketones is 1. The monoisotopic (exact) mass is 250 g/mol. The lowest BCUT2D eigenvalue weighted by atomic mass is 10.1. The first-order valence-electron chi connectivity index (χ1n) is 6.12. The summed E-state index contributed by atoms with van der Waals surface area (Å²) in [6.07, 6.45) is 1.91. The SMILES string of the molecule is CCCCOC(=O)CCC(=O)c1ccccc1O. The fraction of sp³-hybridized carbons (Fsp3) is 0.429. The molecule has 0 saturated heterocycles. The average molecular weight is 250 g/mol. The number of hydrogen-bond acceptors (Lipinski definition) is 4. The molecular weight excluding hydrogens is 232 g/mol. The second-order valence-corrected chi connectivity index (χ2v) is 4.01. The number of phenolic OH excluding ortho intramolecular Hbond substituents is 1. The van der Waals surface area contributed by atoms with Crippen LogP contribution in [0.2, 0.25) is 0 Å². The van der Waals surface area contributed by atoms with Crippen molar-refractivity contribution in [1.29, 1.82) is 0 Å². The predicted octanol–water partition coefficient (Wildman–Crippen LogP) is 2.70. The molecule has 1 aromatic rings. The second-order valence-electron chi connectivity index (χ2n) is 4.01. The van der Waals surface area contributed by atoms with Crippen LogP contribution in [0.5, 0.6) is 5.75 Å². The summed E-state index contributed by atoms with van der Waals surface area (Å²) in [6.45, 7) is 2.41. The van der Waals surface area contributed by atoms with Crippen LogP contribution in [-0.4, -0.2) is 23.5 Å². The molecule has 0 aliphatic heterocycles. The minimum absolute atomic E-state index is 0.0525. The number of aromatic hydroxyl groups is 1. The Kier molecular flexibility index (Phi) is 5.91. The van der Waals surface area contributed by atoms with Crippen molar-refractivity contribution in [3.05, 3.63) is 29.8 Å². The van der Waals surface area contributed by atoms with Gasteiger partial charge in [-0.25, -0.2) is 0 Å². The van der Waals surface area contributed by atoms with Gasteiger partial charge in [0.15, 0.2) is 5.78 Å². The number of benzene rings is 1. The molecule has 0 aliphatic rings. The van der Waals surface area contributed by atoms with Crippen LogP contribution in [0.25, 0.3) is 0 Å². The van der Waals surface area contributed by atoms with E-state index in [9.17, 15) is 14.7 Å². The second kappa shape index (κ2) is 7.48. The number of esters is 1. The molecular formula is C14H18O4. The fourth-order valence-corrected chi connectivity index (χ4v) is 1.46. The van der Waals surface area contributed by atoms with Crippen LogP contribution in [0.3, 0.4) is 0 Å². The normalized spacial score (nSPS) is 10.1. The maximum Gasteiger partial charge on any atom is 0.306 e. The Balaban J connectivity index is 2.38. The molecule has 0 atom stereocenters. The lowest BCUT2D eigenvalue weighted by Gasteiger charge is -2.04. The third-order valence-electron chi connectivity index (χ3n) is 2.52. The summed E-state index contributed by atoms with van der Waals surface area (Å²) in [7, 11) is 0. The predicted molar refractivity (Wildman–Crippen MR) is 67.5 cm³/mol. The van der Waals surface area contributed by atoms with Gasteiger partial charge in [0.1, 0.15) is 5.75 Å². The fourth-order valence-electron chi connectivity index (χ4n) is 1.46. The van der Waals surface area contributed by atoms with Gasteiger partial charge in [-0.2, -0.15) is 0 Å². The first-order valence-corrected chi connectivity index (χ1v) is 6.12. The molecule has 0 unspecified atom stereocenters. The number of carbonyl (C=O) groups is 2. The Hall–Kier alpha value is -1.84. The van der Waals surface area contributed by atoms with Crippen molar-refractivity contribution in [2.45, 2.75) is 32.6 Å². The van der Waals surface area contributed by atoms with E-state index < -0.39 is 0 Å². The number of Topliss-reactive ketones (excluding diaryl/α,β-unsaturated/α-hetero) is 1. The molecule has 0 fully saturated rings. The Morgan fingerprint density at radius 1 is 1.22 bits per heavy atom. The summed E-state index contributed by atoms with van der Waals surface area (Å²) in [4.78, 5) is 23.0. The molecule has 0 amide bonds. The highest BCUT2D eigenvalue weighted by Gasteiger charge is 2.12. The number of para-hydroxylation sites is 1. The highest BCUT2D eigenvalue weighted by molar-refractivity contribution is 5.99. The van der Waals surface area contributed by atoms with Crippen LogP contribution in [0.4, 0.5) is 0 Å². The maximum absolute atomic E-state index is 11.7. The van der Waals surface area contributed by atoms with E-state index in [-0.39, 0.29) is 35.9 Å². The van der Waals surface area contributed by atoms with Crippen LogP contribution in [0.1, 0.15) is 43.0 Å². The van der Waals surface area contributed by atoms with Crippen molar-refractivity contribution in [3.63, 3.8) is 0 Å². The molecule has 0 spiro atoms. The van der Waals surface area contributed by atoms with Crippen molar-refractivity contribution < 1.29 is 19.4 Å². The van der Waals surface area contributed by atoms with Crippen LogP contribution in [0, 0.1) is 0 Å². The number of unbranched alkanes of at least 4 members (excludes halogenated alkanes) is 1. The Morgan fingerprint density at radius 3 is 2.61 bits per heavy atom. The van der Waals surface area contributed by atoms with Gasteiger partial charge in [0.2, 0.25) is 0 Å². The third kappa shape index (κ3) is 4.57. The summed E-state index contributed by atoms with van der Waals surface area (Å²) in [6, 6.07) is 6.31. The first-order chi connectivity index (χ1) is 8.65. The van der Waals surface area contributed by atoms with Gasteiger partial charge in [-0.15, -0.1) is 0 Å². The molecule has 0 aliphatic carbocycles. The van der Waals surface area contributed by atoms with E-state index in [1.807, 2.05) is 6.92 Å². The molecule has 0 bridgehead atoms. The van der Waals surface area contributed by atoms with Gasteiger partial charge >= 0.3 is 5.97 Å². The molecule has 98 valence electrons. The van der Waals surface area contributed by atoms with Crippen LogP contribution < -0.4 is 0 Å². The molecule has 1 aromatic carbocycles. The zero-order valence-corrected chi connectivity index (χ0v) is 10.5. The smallest absolute Gasteiger partial charge is 0.306 e.